The molecule has 0 heterocycles. The van der Waals surface area contributed by atoms with E-state index >= 15 is 0 Å². The summed E-state index contributed by atoms with van der Waals surface area (Å²) < 4.78 is 1.05. The summed E-state index contributed by atoms with van der Waals surface area (Å²) in [6.45, 7) is 4.38. The van der Waals surface area contributed by atoms with Crippen molar-refractivity contribution in [1.82, 2.24) is 5.32 Å². The fourth-order valence-corrected chi connectivity index (χ4v) is 1.86. The molecule has 1 aromatic carbocycles. The van der Waals surface area contributed by atoms with E-state index in [-0.39, 0.29) is 12.6 Å². The van der Waals surface area contributed by atoms with Crippen LogP contribution in [0.1, 0.15) is 31.9 Å². The van der Waals surface area contributed by atoms with Gasteiger partial charge in [0.15, 0.2) is 0 Å². The molecule has 15 heavy (non-hydrogen) atoms. The molecule has 1 aromatic rings. The minimum atomic E-state index is 0.0254. The lowest BCUT2D eigenvalue weighted by molar-refractivity contribution is 0.234. The minimum Gasteiger partial charge on any atom is -0.394 e. The molecule has 0 bridgehead atoms. The summed E-state index contributed by atoms with van der Waals surface area (Å²) in [6, 6.07) is 8.48. The fraction of sp³-hybridized carbons (Fsp3) is 0.500. The van der Waals surface area contributed by atoms with Crippen LogP contribution in [0.3, 0.4) is 0 Å². The van der Waals surface area contributed by atoms with Gasteiger partial charge in [-0.15, -0.1) is 0 Å². The van der Waals surface area contributed by atoms with E-state index < -0.39 is 0 Å². The van der Waals surface area contributed by atoms with Crippen molar-refractivity contribution in [1.29, 1.82) is 0 Å². The van der Waals surface area contributed by atoms with Crippen LogP contribution >= 0.6 is 15.9 Å². The molecule has 0 aliphatic carbocycles. The zero-order chi connectivity index (χ0) is 11.3. The lowest BCUT2D eigenvalue weighted by Crippen LogP contribution is -2.32. The summed E-state index contributed by atoms with van der Waals surface area (Å²) in [6.07, 6.45) is 1.06. The molecule has 2 N–H and O–H groups in total. The molecule has 0 aliphatic heterocycles. The summed E-state index contributed by atoms with van der Waals surface area (Å²) in [4.78, 5) is 0. The Hall–Kier alpha value is -0.380. The average molecular weight is 272 g/mol. The Morgan fingerprint density at radius 2 is 2.20 bits per heavy atom. The SMILES string of the molecule is CCC(C)NC(CO)c1cccc(Br)c1. The largest absolute Gasteiger partial charge is 0.394 e. The molecule has 0 aromatic heterocycles. The highest BCUT2D eigenvalue weighted by molar-refractivity contribution is 9.10. The van der Waals surface area contributed by atoms with Crippen molar-refractivity contribution in [3.8, 4) is 0 Å². The molecule has 0 radical (unpaired) electrons. The zero-order valence-electron chi connectivity index (χ0n) is 9.20. The second-order valence-corrected chi connectivity index (χ2v) is 4.68. The Labute approximate surface area is 99.8 Å². The van der Waals surface area contributed by atoms with E-state index in [1.807, 2.05) is 24.3 Å². The average Bonchev–Trinajstić information content (AvgIpc) is 2.25. The van der Waals surface area contributed by atoms with Crippen LogP contribution in [-0.4, -0.2) is 17.8 Å². The van der Waals surface area contributed by atoms with Gasteiger partial charge in [0.25, 0.3) is 0 Å². The third-order valence-electron chi connectivity index (χ3n) is 2.53. The van der Waals surface area contributed by atoms with E-state index in [0.29, 0.717) is 6.04 Å². The van der Waals surface area contributed by atoms with Crippen LogP contribution in [0.2, 0.25) is 0 Å². The van der Waals surface area contributed by atoms with Crippen molar-refractivity contribution in [3.63, 3.8) is 0 Å². The lowest BCUT2D eigenvalue weighted by Gasteiger charge is -2.21. The van der Waals surface area contributed by atoms with Crippen LogP contribution in [0.25, 0.3) is 0 Å². The number of rotatable bonds is 5. The highest BCUT2D eigenvalue weighted by Crippen LogP contribution is 2.18. The maximum atomic E-state index is 9.34. The van der Waals surface area contributed by atoms with Crippen LogP contribution in [0.5, 0.6) is 0 Å². The van der Waals surface area contributed by atoms with Crippen molar-refractivity contribution in [3.05, 3.63) is 34.3 Å². The number of nitrogens with one attached hydrogen (secondary N) is 1. The van der Waals surface area contributed by atoms with Gasteiger partial charge in [-0.3, -0.25) is 0 Å². The van der Waals surface area contributed by atoms with E-state index in [2.05, 4.69) is 35.1 Å². The number of halogens is 1. The van der Waals surface area contributed by atoms with Crippen molar-refractivity contribution >= 4 is 15.9 Å². The molecule has 0 saturated carbocycles. The van der Waals surface area contributed by atoms with Gasteiger partial charge in [-0.05, 0) is 31.0 Å². The summed E-state index contributed by atoms with van der Waals surface area (Å²) in [5.74, 6) is 0. The number of aliphatic hydroxyl groups is 1. The Morgan fingerprint density at radius 1 is 1.47 bits per heavy atom. The van der Waals surface area contributed by atoms with Gasteiger partial charge in [0.1, 0.15) is 0 Å². The first-order chi connectivity index (χ1) is 7.17. The molecule has 84 valence electrons. The van der Waals surface area contributed by atoms with Crippen LogP contribution in [0, 0.1) is 0 Å². The summed E-state index contributed by atoms with van der Waals surface area (Å²) in [7, 11) is 0. The number of aliphatic hydroxyl groups excluding tert-OH is 1. The van der Waals surface area contributed by atoms with Gasteiger partial charge in [0, 0.05) is 10.5 Å². The maximum Gasteiger partial charge on any atom is 0.0626 e. The Kier molecular flexibility index (Phi) is 5.29. The van der Waals surface area contributed by atoms with Crippen molar-refractivity contribution in [2.24, 2.45) is 0 Å². The predicted octanol–water partition coefficient (Wildman–Crippen LogP) is 2.87. The normalized spacial score (nSPS) is 14.9. The van der Waals surface area contributed by atoms with Crippen molar-refractivity contribution in [2.75, 3.05) is 6.61 Å². The lowest BCUT2D eigenvalue weighted by atomic mass is 10.1. The third kappa shape index (κ3) is 3.93. The van der Waals surface area contributed by atoms with E-state index in [1.54, 1.807) is 0 Å². The smallest absolute Gasteiger partial charge is 0.0626 e. The molecule has 2 atom stereocenters. The van der Waals surface area contributed by atoms with Crippen LogP contribution in [0.4, 0.5) is 0 Å². The molecule has 0 aliphatic rings. The van der Waals surface area contributed by atoms with Gasteiger partial charge < -0.3 is 10.4 Å². The molecule has 0 amide bonds. The van der Waals surface area contributed by atoms with Crippen molar-refractivity contribution in [2.45, 2.75) is 32.4 Å². The molecule has 0 spiro atoms. The molecule has 2 nitrogen and oxygen atoms in total. The number of hydrogen-bond acceptors (Lipinski definition) is 2. The van der Waals surface area contributed by atoms with E-state index in [1.165, 1.54) is 0 Å². The highest BCUT2D eigenvalue weighted by atomic mass is 79.9. The van der Waals surface area contributed by atoms with Gasteiger partial charge in [-0.1, -0.05) is 35.0 Å². The Bertz CT molecular complexity index is 303. The fourth-order valence-electron chi connectivity index (χ4n) is 1.44. The first-order valence-electron chi connectivity index (χ1n) is 5.29. The Balaban J connectivity index is 2.73. The summed E-state index contributed by atoms with van der Waals surface area (Å²) >= 11 is 3.43. The van der Waals surface area contributed by atoms with E-state index in [4.69, 9.17) is 0 Å². The third-order valence-corrected chi connectivity index (χ3v) is 3.02. The van der Waals surface area contributed by atoms with Gasteiger partial charge in [0.05, 0.1) is 12.6 Å². The van der Waals surface area contributed by atoms with Gasteiger partial charge in [0.2, 0.25) is 0 Å². The van der Waals surface area contributed by atoms with Gasteiger partial charge in [-0.2, -0.15) is 0 Å². The maximum absolute atomic E-state index is 9.34. The van der Waals surface area contributed by atoms with Gasteiger partial charge >= 0.3 is 0 Å². The van der Waals surface area contributed by atoms with E-state index in [9.17, 15) is 5.11 Å². The molecular formula is C12H18BrNO. The van der Waals surface area contributed by atoms with Crippen molar-refractivity contribution < 1.29 is 5.11 Å². The monoisotopic (exact) mass is 271 g/mol. The molecule has 3 heteroatoms. The van der Waals surface area contributed by atoms with Crippen LogP contribution < -0.4 is 5.32 Å². The van der Waals surface area contributed by atoms with E-state index in [0.717, 1.165) is 16.5 Å². The second-order valence-electron chi connectivity index (χ2n) is 3.77. The number of benzene rings is 1. The first kappa shape index (κ1) is 12.7. The summed E-state index contributed by atoms with van der Waals surface area (Å²) in [5, 5.41) is 12.7. The quantitative estimate of drug-likeness (QED) is 0.863. The Morgan fingerprint density at radius 3 is 2.73 bits per heavy atom. The van der Waals surface area contributed by atoms with Gasteiger partial charge in [-0.25, -0.2) is 0 Å². The standard InChI is InChI=1S/C12H18BrNO/c1-3-9(2)14-12(8-15)10-5-4-6-11(13)7-10/h4-7,9,12,14-15H,3,8H2,1-2H3. The highest BCUT2D eigenvalue weighted by Gasteiger charge is 2.12. The molecular weight excluding hydrogens is 254 g/mol. The zero-order valence-corrected chi connectivity index (χ0v) is 10.8. The second kappa shape index (κ2) is 6.26. The topological polar surface area (TPSA) is 32.3 Å². The van der Waals surface area contributed by atoms with Crippen LogP contribution in [-0.2, 0) is 0 Å². The molecule has 0 saturated heterocycles. The summed E-state index contributed by atoms with van der Waals surface area (Å²) in [5.41, 5.74) is 1.12. The minimum absolute atomic E-state index is 0.0254. The number of hydrogen-bond donors (Lipinski definition) is 2. The molecule has 1 rings (SSSR count). The predicted molar refractivity (Wildman–Crippen MR) is 66.9 cm³/mol. The molecule has 0 fully saturated rings. The first-order valence-corrected chi connectivity index (χ1v) is 6.09. The van der Waals surface area contributed by atoms with Crippen LogP contribution in [0.15, 0.2) is 28.7 Å². The molecule has 2 unspecified atom stereocenters.